The molecule has 0 spiro atoms. The van der Waals surface area contributed by atoms with Crippen molar-refractivity contribution in [1.82, 2.24) is 4.31 Å². The molecule has 2 N–H and O–H groups in total. The highest BCUT2D eigenvalue weighted by Crippen LogP contribution is 2.29. The first kappa shape index (κ1) is 21.3. The minimum atomic E-state index is -4.11. The van der Waals surface area contributed by atoms with E-state index in [0.29, 0.717) is 9.99 Å². The van der Waals surface area contributed by atoms with Crippen LogP contribution in [0.1, 0.15) is 26.3 Å². The van der Waals surface area contributed by atoms with Crippen LogP contribution in [-0.4, -0.2) is 37.0 Å². The summed E-state index contributed by atoms with van der Waals surface area (Å²) in [6.45, 7) is 1.19. The Morgan fingerprint density at radius 1 is 0.906 bits per heavy atom. The largest absolute Gasteiger partial charge is 0.324 e. The van der Waals surface area contributed by atoms with E-state index in [-0.39, 0.29) is 21.7 Å². The molecule has 0 unspecified atom stereocenters. The summed E-state index contributed by atoms with van der Waals surface area (Å²) in [6.07, 6.45) is 0. The quantitative estimate of drug-likeness (QED) is 0.622. The Morgan fingerprint density at radius 3 is 2.38 bits per heavy atom. The zero-order valence-corrected chi connectivity index (χ0v) is 17.8. The molecule has 0 saturated carbocycles. The molecule has 32 heavy (non-hydrogen) atoms. The Labute approximate surface area is 184 Å². The van der Waals surface area contributed by atoms with E-state index in [4.69, 9.17) is 0 Å². The standard InChI is InChI=1S/C23H19N3O5S/c1-15-7-6-8-16(13-15)24-22(28)17-9-2-4-11-19(17)25-21(27)14-26-23(29)18-10-3-5-12-20(18)32(26,30)31/h2-13H,14H2,1H3,(H,24,28)(H,25,27). The van der Waals surface area contributed by atoms with E-state index in [2.05, 4.69) is 10.6 Å². The maximum absolute atomic E-state index is 12.8. The van der Waals surface area contributed by atoms with Crippen molar-refractivity contribution in [3.05, 3.63) is 89.5 Å². The minimum Gasteiger partial charge on any atom is -0.324 e. The van der Waals surface area contributed by atoms with Gasteiger partial charge in [0, 0.05) is 5.69 Å². The van der Waals surface area contributed by atoms with Crippen LogP contribution in [0.15, 0.2) is 77.7 Å². The number of hydrogen-bond acceptors (Lipinski definition) is 5. The first-order chi connectivity index (χ1) is 15.3. The molecule has 1 heterocycles. The van der Waals surface area contributed by atoms with Gasteiger partial charge in [-0.05, 0) is 48.9 Å². The number of para-hydroxylation sites is 1. The van der Waals surface area contributed by atoms with Gasteiger partial charge in [-0.1, -0.05) is 36.4 Å². The first-order valence-corrected chi connectivity index (χ1v) is 11.1. The van der Waals surface area contributed by atoms with E-state index < -0.39 is 34.3 Å². The first-order valence-electron chi connectivity index (χ1n) is 9.70. The number of rotatable bonds is 5. The maximum Gasteiger partial charge on any atom is 0.269 e. The van der Waals surface area contributed by atoms with Gasteiger partial charge in [0.25, 0.3) is 21.8 Å². The van der Waals surface area contributed by atoms with Crippen LogP contribution < -0.4 is 10.6 Å². The number of carbonyl (C=O) groups excluding carboxylic acids is 3. The van der Waals surface area contributed by atoms with E-state index in [1.807, 2.05) is 19.1 Å². The second kappa shape index (κ2) is 8.27. The van der Waals surface area contributed by atoms with E-state index in [0.717, 1.165) is 5.56 Å². The number of hydrogen-bond donors (Lipinski definition) is 2. The fourth-order valence-electron chi connectivity index (χ4n) is 3.42. The lowest BCUT2D eigenvalue weighted by Crippen LogP contribution is -2.37. The van der Waals surface area contributed by atoms with E-state index in [9.17, 15) is 22.8 Å². The Hall–Kier alpha value is -3.98. The summed E-state index contributed by atoms with van der Waals surface area (Å²) >= 11 is 0. The summed E-state index contributed by atoms with van der Waals surface area (Å²) in [5, 5.41) is 5.31. The lowest BCUT2D eigenvalue weighted by molar-refractivity contribution is -0.116. The predicted molar refractivity (Wildman–Crippen MR) is 119 cm³/mol. The molecule has 3 aromatic carbocycles. The van der Waals surface area contributed by atoms with Crippen molar-refractivity contribution in [1.29, 1.82) is 0 Å². The second-order valence-electron chi connectivity index (χ2n) is 7.23. The fourth-order valence-corrected chi connectivity index (χ4v) is 4.94. The number of amides is 3. The van der Waals surface area contributed by atoms with Crippen molar-refractivity contribution >= 4 is 39.1 Å². The summed E-state index contributed by atoms with van der Waals surface area (Å²) in [5.74, 6) is -1.95. The molecule has 1 aliphatic rings. The van der Waals surface area contributed by atoms with Crippen LogP contribution in [0.25, 0.3) is 0 Å². The van der Waals surface area contributed by atoms with Gasteiger partial charge in [0.1, 0.15) is 11.4 Å². The molecular formula is C23H19N3O5S. The highest BCUT2D eigenvalue weighted by atomic mass is 32.2. The average molecular weight is 449 g/mol. The molecule has 0 fully saturated rings. The maximum atomic E-state index is 12.8. The van der Waals surface area contributed by atoms with Crippen LogP contribution in [0.3, 0.4) is 0 Å². The fraction of sp³-hybridized carbons (Fsp3) is 0.0870. The zero-order valence-electron chi connectivity index (χ0n) is 17.0. The van der Waals surface area contributed by atoms with Crippen LogP contribution >= 0.6 is 0 Å². The predicted octanol–water partition coefficient (Wildman–Crippen LogP) is 3.03. The lowest BCUT2D eigenvalue weighted by Gasteiger charge is -2.16. The third kappa shape index (κ3) is 3.97. The molecule has 4 rings (SSSR count). The van der Waals surface area contributed by atoms with Crippen molar-refractivity contribution in [2.24, 2.45) is 0 Å². The van der Waals surface area contributed by atoms with Crippen molar-refractivity contribution in [3.8, 4) is 0 Å². The highest BCUT2D eigenvalue weighted by Gasteiger charge is 2.41. The number of sulfonamides is 1. The molecule has 8 nitrogen and oxygen atoms in total. The van der Waals surface area contributed by atoms with E-state index >= 15 is 0 Å². The Morgan fingerprint density at radius 2 is 1.62 bits per heavy atom. The SMILES string of the molecule is Cc1cccc(NC(=O)c2ccccc2NC(=O)CN2C(=O)c3ccccc3S2(=O)=O)c1. The zero-order chi connectivity index (χ0) is 22.9. The van der Waals surface area contributed by atoms with Crippen molar-refractivity contribution in [2.75, 3.05) is 17.2 Å². The van der Waals surface area contributed by atoms with Crippen LogP contribution in [-0.2, 0) is 14.8 Å². The molecule has 0 bridgehead atoms. The average Bonchev–Trinajstić information content (AvgIpc) is 2.95. The third-order valence-corrected chi connectivity index (χ3v) is 6.71. The minimum absolute atomic E-state index is 0.0261. The topological polar surface area (TPSA) is 113 Å². The van der Waals surface area contributed by atoms with Crippen LogP contribution in [0, 0.1) is 6.92 Å². The molecule has 0 aromatic heterocycles. The van der Waals surface area contributed by atoms with Crippen molar-refractivity contribution < 1.29 is 22.8 Å². The normalized spacial score (nSPS) is 14.0. The van der Waals surface area contributed by atoms with Gasteiger partial charge in [-0.2, -0.15) is 0 Å². The number of carbonyl (C=O) groups is 3. The molecule has 9 heteroatoms. The molecule has 0 saturated heterocycles. The number of aryl methyl sites for hydroxylation is 1. The number of nitrogens with zero attached hydrogens (tertiary/aromatic N) is 1. The smallest absolute Gasteiger partial charge is 0.269 e. The molecule has 0 aliphatic carbocycles. The summed E-state index contributed by atoms with van der Waals surface area (Å²) in [6, 6.07) is 19.4. The third-order valence-electron chi connectivity index (χ3n) is 4.92. The Balaban J connectivity index is 1.51. The molecule has 0 radical (unpaired) electrons. The summed E-state index contributed by atoms with van der Waals surface area (Å²) in [5.41, 5.74) is 1.99. The molecule has 3 aromatic rings. The number of fused-ring (bicyclic) bond motifs is 1. The van der Waals surface area contributed by atoms with E-state index in [1.54, 1.807) is 30.3 Å². The van der Waals surface area contributed by atoms with Crippen LogP contribution in [0.2, 0.25) is 0 Å². The summed E-state index contributed by atoms with van der Waals surface area (Å²) in [7, 11) is -4.11. The van der Waals surface area contributed by atoms with Crippen molar-refractivity contribution in [3.63, 3.8) is 0 Å². The molecule has 1 aliphatic heterocycles. The number of benzene rings is 3. The van der Waals surface area contributed by atoms with Gasteiger partial charge in [0.05, 0.1) is 16.8 Å². The summed E-state index contributed by atoms with van der Waals surface area (Å²) < 4.78 is 25.8. The van der Waals surface area contributed by atoms with Gasteiger partial charge >= 0.3 is 0 Å². The van der Waals surface area contributed by atoms with Gasteiger partial charge < -0.3 is 10.6 Å². The lowest BCUT2D eigenvalue weighted by atomic mass is 10.1. The van der Waals surface area contributed by atoms with Gasteiger partial charge in [-0.3, -0.25) is 14.4 Å². The van der Waals surface area contributed by atoms with Crippen LogP contribution in [0.4, 0.5) is 11.4 Å². The van der Waals surface area contributed by atoms with Gasteiger partial charge in [0.2, 0.25) is 5.91 Å². The number of nitrogens with one attached hydrogen (secondary N) is 2. The Kier molecular flexibility index (Phi) is 5.50. The second-order valence-corrected chi connectivity index (χ2v) is 9.06. The molecule has 3 amide bonds. The molecule has 162 valence electrons. The Bertz CT molecular complexity index is 1350. The van der Waals surface area contributed by atoms with Gasteiger partial charge in [-0.25, -0.2) is 12.7 Å². The van der Waals surface area contributed by atoms with E-state index in [1.165, 1.54) is 30.3 Å². The van der Waals surface area contributed by atoms with Crippen molar-refractivity contribution in [2.45, 2.75) is 11.8 Å². The molecule has 0 atom stereocenters. The van der Waals surface area contributed by atoms with Crippen LogP contribution in [0.5, 0.6) is 0 Å². The summed E-state index contributed by atoms with van der Waals surface area (Å²) in [4.78, 5) is 37.8. The van der Waals surface area contributed by atoms with Gasteiger partial charge in [-0.15, -0.1) is 0 Å². The number of anilines is 2. The monoisotopic (exact) mass is 449 g/mol. The highest BCUT2D eigenvalue weighted by molar-refractivity contribution is 7.90. The van der Waals surface area contributed by atoms with Gasteiger partial charge in [0.15, 0.2) is 0 Å². The molecular weight excluding hydrogens is 430 g/mol.